The summed E-state index contributed by atoms with van der Waals surface area (Å²) in [4.78, 5) is 13.5. The molecule has 1 saturated heterocycles. The summed E-state index contributed by atoms with van der Waals surface area (Å²) in [6.45, 7) is 1.32. The lowest BCUT2D eigenvalue weighted by atomic mass is 10.3. The molecular weight excluding hydrogens is 374 g/mol. The Bertz CT molecular complexity index is 605. The molecular formula is C14H18BrNO5S. The summed E-state index contributed by atoms with van der Waals surface area (Å²) < 4.78 is 34.0. The van der Waals surface area contributed by atoms with E-state index < -0.39 is 9.84 Å². The number of hydrogen-bond donors (Lipinski definition) is 0. The van der Waals surface area contributed by atoms with Crippen molar-refractivity contribution in [2.45, 2.75) is 0 Å². The second-order valence-electron chi connectivity index (χ2n) is 4.95. The van der Waals surface area contributed by atoms with E-state index in [-0.39, 0.29) is 37.2 Å². The summed E-state index contributed by atoms with van der Waals surface area (Å²) in [5.74, 6) is 0.544. The minimum absolute atomic E-state index is 0.103. The van der Waals surface area contributed by atoms with Crippen LogP contribution in [0.4, 0.5) is 0 Å². The summed E-state index contributed by atoms with van der Waals surface area (Å²) in [5.41, 5.74) is 0. The first kappa shape index (κ1) is 17.2. The monoisotopic (exact) mass is 391 g/mol. The molecule has 22 heavy (non-hydrogen) atoms. The molecule has 0 bridgehead atoms. The maximum atomic E-state index is 11.7. The molecule has 1 heterocycles. The highest BCUT2D eigenvalue weighted by atomic mass is 79.9. The van der Waals surface area contributed by atoms with Crippen molar-refractivity contribution in [3.63, 3.8) is 0 Å². The fraction of sp³-hybridized carbons (Fsp3) is 0.500. The third-order valence-corrected chi connectivity index (χ3v) is 5.30. The molecule has 1 aromatic rings. The Hall–Kier alpha value is -1.12. The van der Waals surface area contributed by atoms with Gasteiger partial charge in [-0.15, -0.1) is 0 Å². The molecule has 0 atom stereocenters. The number of halogens is 1. The molecule has 1 aromatic carbocycles. The number of benzene rings is 1. The van der Waals surface area contributed by atoms with Gasteiger partial charge < -0.3 is 9.47 Å². The molecule has 0 radical (unpaired) electrons. The lowest BCUT2D eigenvalue weighted by molar-refractivity contribution is -0.145. The Balaban J connectivity index is 1.62. The summed E-state index contributed by atoms with van der Waals surface area (Å²) in [7, 11) is -2.92. The predicted molar refractivity (Wildman–Crippen MR) is 85.7 cm³/mol. The van der Waals surface area contributed by atoms with Gasteiger partial charge in [-0.25, -0.2) is 8.42 Å². The van der Waals surface area contributed by atoms with Crippen LogP contribution in [0.25, 0.3) is 0 Å². The van der Waals surface area contributed by atoms with E-state index >= 15 is 0 Å². The Morgan fingerprint density at radius 2 is 1.95 bits per heavy atom. The van der Waals surface area contributed by atoms with Crippen LogP contribution in [-0.4, -0.2) is 63.6 Å². The summed E-state index contributed by atoms with van der Waals surface area (Å²) in [5, 5.41) is 0. The van der Waals surface area contributed by atoms with Gasteiger partial charge in [0.2, 0.25) is 0 Å². The number of sulfone groups is 1. The van der Waals surface area contributed by atoms with Gasteiger partial charge >= 0.3 is 5.97 Å². The first-order valence-electron chi connectivity index (χ1n) is 6.91. The van der Waals surface area contributed by atoms with Gasteiger partial charge in [-0.3, -0.25) is 9.69 Å². The number of rotatable bonds is 6. The zero-order chi connectivity index (χ0) is 16.0. The van der Waals surface area contributed by atoms with Gasteiger partial charge in [-0.2, -0.15) is 0 Å². The van der Waals surface area contributed by atoms with E-state index in [2.05, 4.69) is 15.9 Å². The summed E-state index contributed by atoms with van der Waals surface area (Å²) in [6, 6.07) is 7.40. The normalized spacial score (nSPS) is 17.9. The van der Waals surface area contributed by atoms with E-state index in [0.717, 1.165) is 4.47 Å². The van der Waals surface area contributed by atoms with Gasteiger partial charge in [-0.1, -0.05) is 22.0 Å². The van der Waals surface area contributed by atoms with Crippen LogP contribution in [0.15, 0.2) is 28.7 Å². The van der Waals surface area contributed by atoms with Crippen molar-refractivity contribution >= 4 is 31.7 Å². The number of hydrogen-bond acceptors (Lipinski definition) is 6. The quantitative estimate of drug-likeness (QED) is 0.534. The third kappa shape index (κ3) is 5.94. The van der Waals surface area contributed by atoms with Gasteiger partial charge in [0.1, 0.15) is 19.0 Å². The van der Waals surface area contributed by atoms with E-state index in [1.54, 1.807) is 4.90 Å². The predicted octanol–water partition coefficient (Wildman–Crippen LogP) is 1.10. The Kier molecular flexibility index (Phi) is 6.22. The molecule has 0 spiro atoms. The van der Waals surface area contributed by atoms with E-state index in [9.17, 15) is 13.2 Å². The maximum Gasteiger partial charge on any atom is 0.320 e. The van der Waals surface area contributed by atoms with Gasteiger partial charge in [0, 0.05) is 17.6 Å². The Morgan fingerprint density at radius 1 is 1.23 bits per heavy atom. The van der Waals surface area contributed by atoms with Crippen LogP contribution in [0.2, 0.25) is 0 Å². The molecule has 1 fully saturated rings. The van der Waals surface area contributed by atoms with Crippen molar-refractivity contribution in [3.8, 4) is 5.75 Å². The van der Waals surface area contributed by atoms with Gasteiger partial charge in [0.05, 0.1) is 18.1 Å². The average Bonchev–Trinajstić information content (AvgIpc) is 2.46. The summed E-state index contributed by atoms with van der Waals surface area (Å²) in [6.07, 6.45) is 0. The minimum atomic E-state index is -2.92. The highest BCUT2D eigenvalue weighted by molar-refractivity contribution is 9.10. The first-order chi connectivity index (χ1) is 10.4. The zero-order valence-electron chi connectivity index (χ0n) is 12.0. The topological polar surface area (TPSA) is 72.9 Å². The lowest BCUT2D eigenvalue weighted by Gasteiger charge is -2.25. The smallest absolute Gasteiger partial charge is 0.320 e. The van der Waals surface area contributed by atoms with Crippen molar-refractivity contribution in [1.82, 2.24) is 4.90 Å². The second kappa shape index (κ2) is 7.94. The second-order valence-corrected chi connectivity index (χ2v) is 8.17. The largest absolute Gasteiger partial charge is 0.490 e. The number of carbonyl (C=O) groups excluding carboxylic acids is 1. The van der Waals surface area contributed by atoms with Crippen molar-refractivity contribution in [1.29, 1.82) is 0 Å². The molecule has 6 nitrogen and oxygen atoms in total. The molecule has 0 N–H and O–H groups in total. The van der Waals surface area contributed by atoms with E-state index in [1.165, 1.54) is 0 Å². The van der Waals surface area contributed by atoms with Crippen LogP contribution in [-0.2, 0) is 19.4 Å². The van der Waals surface area contributed by atoms with E-state index in [1.807, 2.05) is 24.3 Å². The number of ether oxygens (including phenoxy) is 2. The molecule has 0 saturated carbocycles. The van der Waals surface area contributed by atoms with E-state index in [4.69, 9.17) is 9.47 Å². The molecule has 122 valence electrons. The van der Waals surface area contributed by atoms with Crippen LogP contribution >= 0.6 is 15.9 Å². The molecule has 1 aliphatic heterocycles. The average molecular weight is 392 g/mol. The van der Waals surface area contributed by atoms with Crippen LogP contribution < -0.4 is 4.74 Å². The highest BCUT2D eigenvalue weighted by Crippen LogP contribution is 2.17. The van der Waals surface area contributed by atoms with Gasteiger partial charge in [0.25, 0.3) is 0 Å². The van der Waals surface area contributed by atoms with Crippen LogP contribution in [0.1, 0.15) is 0 Å². The molecule has 0 unspecified atom stereocenters. The third-order valence-electron chi connectivity index (χ3n) is 3.20. The van der Waals surface area contributed by atoms with Gasteiger partial charge in [-0.05, 0) is 18.2 Å². The molecule has 8 heteroatoms. The zero-order valence-corrected chi connectivity index (χ0v) is 14.4. The molecule has 1 aliphatic rings. The van der Waals surface area contributed by atoms with Crippen molar-refractivity contribution in [2.75, 3.05) is 44.4 Å². The van der Waals surface area contributed by atoms with Crippen LogP contribution in [0, 0.1) is 0 Å². The standard InChI is InChI=1S/C14H18BrNO5S/c15-12-2-1-3-13(10-12)20-6-7-21-14(17)11-16-4-8-22(18,19)9-5-16/h1-3,10H,4-9,11H2. The van der Waals surface area contributed by atoms with Crippen molar-refractivity contribution < 1.29 is 22.7 Å². The molecule has 0 aromatic heterocycles. The highest BCUT2D eigenvalue weighted by Gasteiger charge is 2.23. The fourth-order valence-corrected chi connectivity index (χ4v) is 3.66. The lowest BCUT2D eigenvalue weighted by Crippen LogP contribution is -2.43. The van der Waals surface area contributed by atoms with E-state index in [0.29, 0.717) is 18.8 Å². The minimum Gasteiger partial charge on any atom is -0.490 e. The van der Waals surface area contributed by atoms with Crippen molar-refractivity contribution in [3.05, 3.63) is 28.7 Å². The summed E-state index contributed by atoms with van der Waals surface area (Å²) >= 11 is 3.34. The number of carbonyl (C=O) groups is 1. The SMILES string of the molecule is O=C(CN1CCS(=O)(=O)CC1)OCCOc1cccc(Br)c1. The number of nitrogens with zero attached hydrogens (tertiary/aromatic N) is 1. The molecule has 0 aliphatic carbocycles. The maximum absolute atomic E-state index is 11.7. The number of esters is 1. The van der Waals surface area contributed by atoms with Crippen LogP contribution in [0.3, 0.4) is 0 Å². The first-order valence-corrected chi connectivity index (χ1v) is 9.53. The molecule has 0 amide bonds. The Labute approximate surface area is 138 Å². The van der Waals surface area contributed by atoms with Crippen molar-refractivity contribution in [2.24, 2.45) is 0 Å². The van der Waals surface area contributed by atoms with Crippen LogP contribution in [0.5, 0.6) is 5.75 Å². The fourth-order valence-electron chi connectivity index (χ4n) is 2.01. The Morgan fingerprint density at radius 3 is 2.64 bits per heavy atom. The molecule has 2 rings (SSSR count). The van der Waals surface area contributed by atoms with Gasteiger partial charge in [0.15, 0.2) is 9.84 Å².